The van der Waals surface area contributed by atoms with E-state index in [4.69, 9.17) is 4.74 Å². The molecule has 5 nitrogen and oxygen atoms in total. The maximum atomic E-state index is 12.5. The van der Waals surface area contributed by atoms with Gasteiger partial charge in [-0.2, -0.15) is 0 Å². The van der Waals surface area contributed by atoms with Crippen LogP contribution in [0.1, 0.15) is 49.1 Å². The molecular formula is C26H33N3O2. The van der Waals surface area contributed by atoms with Crippen molar-refractivity contribution in [2.45, 2.75) is 44.1 Å². The second kappa shape index (κ2) is 10.0. The van der Waals surface area contributed by atoms with Gasteiger partial charge in [0.25, 0.3) is 0 Å². The van der Waals surface area contributed by atoms with Gasteiger partial charge in [-0.25, -0.2) is 0 Å². The lowest BCUT2D eigenvalue weighted by Gasteiger charge is -2.22. The Balaban J connectivity index is 1.49. The Hall–Kier alpha value is -2.79. The minimum absolute atomic E-state index is 0.0414. The number of aromatic amines is 1. The van der Waals surface area contributed by atoms with E-state index in [-0.39, 0.29) is 24.5 Å². The fraction of sp³-hybridized carbons (Fsp3) is 0.423. The molecule has 31 heavy (non-hydrogen) atoms. The number of para-hydroxylation sites is 1. The summed E-state index contributed by atoms with van der Waals surface area (Å²) < 4.78 is 5.86. The highest BCUT2D eigenvalue weighted by Gasteiger charge is 2.20. The van der Waals surface area contributed by atoms with Crippen LogP contribution in [-0.2, 0) is 9.53 Å². The zero-order valence-corrected chi connectivity index (χ0v) is 18.6. The second-order valence-corrected chi connectivity index (χ2v) is 8.70. The van der Waals surface area contributed by atoms with Gasteiger partial charge in [0.05, 0.1) is 6.10 Å². The van der Waals surface area contributed by atoms with Crippen molar-refractivity contribution in [1.82, 2.24) is 10.3 Å². The van der Waals surface area contributed by atoms with Crippen LogP contribution in [0.15, 0.2) is 54.7 Å². The molecule has 2 N–H and O–H groups in total. The average molecular weight is 420 g/mol. The molecule has 0 aliphatic heterocycles. The Morgan fingerprint density at radius 3 is 2.58 bits per heavy atom. The fourth-order valence-corrected chi connectivity index (χ4v) is 4.49. The Morgan fingerprint density at radius 1 is 1.10 bits per heavy atom. The molecule has 1 aromatic heterocycles. The lowest BCUT2D eigenvalue weighted by Crippen LogP contribution is -2.33. The first-order chi connectivity index (χ1) is 15.1. The highest BCUT2D eigenvalue weighted by molar-refractivity contribution is 5.84. The number of benzene rings is 2. The van der Waals surface area contributed by atoms with Crippen LogP contribution < -0.4 is 10.2 Å². The maximum absolute atomic E-state index is 12.5. The largest absolute Gasteiger partial charge is 0.378 e. The lowest BCUT2D eigenvalue weighted by molar-refractivity contribution is -0.128. The van der Waals surface area contributed by atoms with Crippen molar-refractivity contribution >= 4 is 22.5 Å². The summed E-state index contributed by atoms with van der Waals surface area (Å²) in [6.07, 6.45) is 8.15. The Bertz CT molecular complexity index is 987. The molecule has 1 amide bonds. The van der Waals surface area contributed by atoms with E-state index >= 15 is 0 Å². The third-order valence-electron chi connectivity index (χ3n) is 6.31. The molecule has 1 saturated carbocycles. The molecular weight excluding hydrogens is 386 g/mol. The van der Waals surface area contributed by atoms with Crippen molar-refractivity contribution in [3.8, 4) is 0 Å². The first-order valence-electron chi connectivity index (χ1n) is 11.3. The molecule has 2 aromatic carbocycles. The summed E-state index contributed by atoms with van der Waals surface area (Å²) in [6, 6.07) is 16.9. The summed E-state index contributed by atoms with van der Waals surface area (Å²) in [6.45, 7) is 0.681. The van der Waals surface area contributed by atoms with Crippen molar-refractivity contribution in [1.29, 1.82) is 0 Å². The maximum Gasteiger partial charge on any atom is 0.246 e. The van der Waals surface area contributed by atoms with E-state index in [0.717, 1.165) is 24.0 Å². The van der Waals surface area contributed by atoms with E-state index in [0.29, 0.717) is 6.54 Å². The molecule has 1 heterocycles. The number of hydrogen-bond acceptors (Lipinski definition) is 3. The molecule has 1 aliphatic carbocycles. The number of carbonyl (C=O) groups excluding carboxylic acids is 1. The second-order valence-electron chi connectivity index (χ2n) is 8.70. The number of hydrogen-bond donors (Lipinski definition) is 2. The van der Waals surface area contributed by atoms with Crippen molar-refractivity contribution in [3.63, 3.8) is 0 Å². The summed E-state index contributed by atoms with van der Waals surface area (Å²) >= 11 is 0. The number of ether oxygens (including phenoxy) is 1. The van der Waals surface area contributed by atoms with E-state index in [9.17, 15) is 4.79 Å². The molecule has 1 aliphatic rings. The molecule has 164 valence electrons. The van der Waals surface area contributed by atoms with Crippen molar-refractivity contribution in [2.24, 2.45) is 0 Å². The minimum atomic E-state index is -0.0414. The van der Waals surface area contributed by atoms with Crippen LogP contribution in [0, 0.1) is 0 Å². The number of H-pyrrole nitrogens is 1. The van der Waals surface area contributed by atoms with Crippen LogP contribution in [-0.4, -0.2) is 44.2 Å². The summed E-state index contributed by atoms with van der Waals surface area (Å²) in [4.78, 5) is 18.0. The molecule has 1 atom stereocenters. The number of rotatable bonds is 8. The van der Waals surface area contributed by atoms with E-state index in [1.165, 1.54) is 35.8 Å². The monoisotopic (exact) mass is 419 g/mol. The Kier molecular flexibility index (Phi) is 6.92. The highest BCUT2D eigenvalue weighted by Crippen LogP contribution is 2.31. The summed E-state index contributed by atoms with van der Waals surface area (Å²) in [5.74, 6) is 0.0197. The smallest absolute Gasteiger partial charge is 0.246 e. The Morgan fingerprint density at radius 2 is 1.84 bits per heavy atom. The molecule has 3 aromatic rings. The van der Waals surface area contributed by atoms with Gasteiger partial charge in [0.15, 0.2) is 0 Å². The van der Waals surface area contributed by atoms with Gasteiger partial charge in [-0.15, -0.1) is 0 Å². The van der Waals surface area contributed by atoms with Gasteiger partial charge in [-0.3, -0.25) is 4.79 Å². The quantitative estimate of drug-likeness (QED) is 0.550. The minimum Gasteiger partial charge on any atom is -0.378 e. The third-order valence-corrected chi connectivity index (χ3v) is 6.31. The van der Waals surface area contributed by atoms with Gasteiger partial charge in [-0.1, -0.05) is 49.6 Å². The van der Waals surface area contributed by atoms with E-state index in [2.05, 4.69) is 63.9 Å². The normalized spacial score (nSPS) is 15.7. The zero-order chi connectivity index (χ0) is 21.6. The highest BCUT2D eigenvalue weighted by atomic mass is 16.5. The van der Waals surface area contributed by atoms with Gasteiger partial charge >= 0.3 is 0 Å². The molecule has 0 bridgehead atoms. The van der Waals surface area contributed by atoms with Crippen LogP contribution in [0.3, 0.4) is 0 Å². The molecule has 5 heteroatoms. The zero-order valence-electron chi connectivity index (χ0n) is 18.6. The molecule has 1 fully saturated rings. The number of anilines is 1. The van der Waals surface area contributed by atoms with Gasteiger partial charge < -0.3 is 19.9 Å². The predicted molar refractivity (Wildman–Crippen MR) is 127 cm³/mol. The molecule has 0 saturated heterocycles. The van der Waals surface area contributed by atoms with Gasteiger partial charge in [0, 0.05) is 49.3 Å². The summed E-state index contributed by atoms with van der Waals surface area (Å²) in [5.41, 5.74) is 4.65. The molecule has 0 radical (unpaired) electrons. The van der Waals surface area contributed by atoms with Crippen molar-refractivity contribution < 1.29 is 9.53 Å². The van der Waals surface area contributed by atoms with Gasteiger partial charge in [-0.05, 0) is 42.2 Å². The van der Waals surface area contributed by atoms with Crippen LogP contribution in [0.4, 0.5) is 5.69 Å². The van der Waals surface area contributed by atoms with Crippen LogP contribution in [0.5, 0.6) is 0 Å². The van der Waals surface area contributed by atoms with Crippen LogP contribution in [0.25, 0.3) is 10.9 Å². The van der Waals surface area contributed by atoms with Crippen molar-refractivity contribution in [2.75, 3.05) is 32.1 Å². The number of carbonyl (C=O) groups is 1. The van der Waals surface area contributed by atoms with E-state index in [1.54, 1.807) is 0 Å². The third kappa shape index (κ3) is 5.28. The molecule has 0 spiro atoms. The average Bonchev–Trinajstić information content (AvgIpc) is 3.23. The van der Waals surface area contributed by atoms with Crippen molar-refractivity contribution in [3.05, 3.63) is 65.9 Å². The summed E-state index contributed by atoms with van der Waals surface area (Å²) in [5, 5.41) is 4.31. The number of nitrogens with zero attached hydrogens (tertiary/aromatic N) is 1. The number of nitrogens with one attached hydrogen (secondary N) is 2. The van der Waals surface area contributed by atoms with E-state index in [1.807, 2.05) is 20.2 Å². The number of fused-ring (bicyclic) bond motifs is 1. The topological polar surface area (TPSA) is 57.4 Å². The Labute approximate surface area is 184 Å². The standard InChI is InChI=1S/C26H33N3O2/c1-29(2)20-14-12-19(13-15-20)23(24-17-27-25-11-7-6-10-22(24)25)16-28-26(30)18-31-21-8-4-3-5-9-21/h6-7,10-15,17,21,23,27H,3-5,8-9,16,18H2,1-2H3,(H,28,30). The fourth-order valence-electron chi connectivity index (χ4n) is 4.49. The molecule has 4 rings (SSSR count). The van der Waals surface area contributed by atoms with E-state index < -0.39 is 0 Å². The SMILES string of the molecule is CN(C)c1ccc(C(CNC(=O)COC2CCCCC2)c2c[nH]c3ccccc23)cc1. The first-order valence-corrected chi connectivity index (χ1v) is 11.3. The van der Waals surface area contributed by atoms with Gasteiger partial charge in [0.2, 0.25) is 5.91 Å². The predicted octanol–water partition coefficient (Wildman–Crippen LogP) is 4.83. The van der Waals surface area contributed by atoms with Gasteiger partial charge in [0.1, 0.15) is 6.61 Å². The molecule has 1 unspecified atom stereocenters. The number of amides is 1. The van der Waals surface area contributed by atoms with Crippen LogP contribution >= 0.6 is 0 Å². The summed E-state index contributed by atoms with van der Waals surface area (Å²) in [7, 11) is 4.08. The van der Waals surface area contributed by atoms with Crippen LogP contribution in [0.2, 0.25) is 0 Å². The first kappa shape index (κ1) is 21.4. The lowest BCUT2D eigenvalue weighted by atomic mass is 9.90. The number of aromatic nitrogens is 1.